The van der Waals surface area contributed by atoms with Crippen LogP contribution >= 0.6 is 15.9 Å². The van der Waals surface area contributed by atoms with E-state index in [2.05, 4.69) is 21.2 Å². The summed E-state index contributed by atoms with van der Waals surface area (Å²) < 4.78 is 6.12. The van der Waals surface area contributed by atoms with E-state index in [1.165, 1.54) is 11.6 Å². The van der Waals surface area contributed by atoms with Crippen LogP contribution in [0, 0.1) is 6.92 Å². The van der Waals surface area contributed by atoms with E-state index in [0.717, 1.165) is 10.2 Å². The van der Waals surface area contributed by atoms with Crippen molar-refractivity contribution in [2.24, 2.45) is 0 Å². The molecule has 0 amide bonds. The lowest BCUT2D eigenvalue weighted by molar-refractivity contribution is 0.0660. The highest BCUT2D eigenvalue weighted by Crippen LogP contribution is 2.24. The van der Waals surface area contributed by atoms with Gasteiger partial charge in [-0.25, -0.2) is 4.79 Å². The van der Waals surface area contributed by atoms with Crippen molar-refractivity contribution in [1.29, 1.82) is 0 Å². The van der Waals surface area contributed by atoms with E-state index in [0.29, 0.717) is 12.3 Å². The number of hydrogen-bond acceptors (Lipinski definition) is 3. The number of hydrogen-bond donors (Lipinski definition) is 2. The Morgan fingerprint density at radius 1 is 1.39 bits per heavy atom. The Labute approximate surface area is 113 Å². The Balaban J connectivity index is 2.04. The molecule has 0 fully saturated rings. The summed E-state index contributed by atoms with van der Waals surface area (Å²) in [7, 11) is 0. The molecule has 2 aromatic rings. The van der Waals surface area contributed by atoms with Gasteiger partial charge in [0.05, 0.1) is 6.54 Å². The zero-order valence-corrected chi connectivity index (χ0v) is 11.3. The number of rotatable bonds is 4. The summed E-state index contributed by atoms with van der Waals surface area (Å²) in [5.74, 6) is -0.521. The predicted octanol–water partition coefficient (Wildman–Crippen LogP) is 3.66. The monoisotopic (exact) mass is 309 g/mol. The largest absolute Gasteiger partial charge is 0.475 e. The van der Waals surface area contributed by atoms with Crippen LogP contribution in [0.4, 0.5) is 5.69 Å². The summed E-state index contributed by atoms with van der Waals surface area (Å²) in [5.41, 5.74) is 2.10. The lowest BCUT2D eigenvalue weighted by Gasteiger charge is -2.07. The van der Waals surface area contributed by atoms with Gasteiger partial charge in [-0.1, -0.05) is 6.07 Å². The summed E-state index contributed by atoms with van der Waals surface area (Å²) in [5, 5.41) is 11.9. The summed E-state index contributed by atoms with van der Waals surface area (Å²) in [6.07, 6.45) is 0. The topological polar surface area (TPSA) is 62.5 Å². The first-order valence-corrected chi connectivity index (χ1v) is 6.17. The van der Waals surface area contributed by atoms with Gasteiger partial charge < -0.3 is 14.8 Å². The van der Waals surface area contributed by atoms with Gasteiger partial charge in [0.2, 0.25) is 5.76 Å². The first-order valence-electron chi connectivity index (χ1n) is 5.38. The average Bonchev–Trinajstić information content (AvgIpc) is 2.76. The number of anilines is 1. The van der Waals surface area contributed by atoms with E-state index in [9.17, 15) is 4.79 Å². The van der Waals surface area contributed by atoms with Gasteiger partial charge in [-0.3, -0.25) is 0 Å². The van der Waals surface area contributed by atoms with Gasteiger partial charge in [-0.05, 0) is 52.7 Å². The molecule has 1 heterocycles. The molecule has 0 unspecified atom stereocenters. The van der Waals surface area contributed by atoms with E-state index in [1.54, 1.807) is 6.07 Å². The lowest BCUT2D eigenvalue weighted by atomic mass is 10.2. The molecule has 2 N–H and O–H groups in total. The van der Waals surface area contributed by atoms with Gasteiger partial charge in [-0.15, -0.1) is 0 Å². The molecule has 18 heavy (non-hydrogen) atoms. The number of halogens is 1. The molecule has 94 valence electrons. The van der Waals surface area contributed by atoms with E-state index in [1.807, 2.05) is 25.1 Å². The first kappa shape index (κ1) is 12.7. The average molecular weight is 310 g/mol. The molecule has 0 aliphatic carbocycles. The second-order valence-electron chi connectivity index (χ2n) is 3.91. The highest BCUT2D eigenvalue weighted by molar-refractivity contribution is 9.10. The molecule has 0 saturated carbocycles. The van der Waals surface area contributed by atoms with Crippen molar-refractivity contribution in [1.82, 2.24) is 0 Å². The fraction of sp³-hybridized carbons (Fsp3) is 0.154. The van der Waals surface area contributed by atoms with E-state index >= 15 is 0 Å². The fourth-order valence-electron chi connectivity index (χ4n) is 1.53. The minimum atomic E-state index is -1.06. The molecule has 1 aromatic carbocycles. The highest BCUT2D eigenvalue weighted by Gasteiger charge is 2.08. The number of carboxylic acid groups (broad SMARTS) is 1. The number of benzene rings is 1. The van der Waals surface area contributed by atoms with Gasteiger partial charge in [0.15, 0.2) is 0 Å². The third-order valence-corrected chi connectivity index (χ3v) is 3.11. The third-order valence-electron chi connectivity index (χ3n) is 2.45. The van der Waals surface area contributed by atoms with Crippen LogP contribution < -0.4 is 5.32 Å². The number of nitrogens with one attached hydrogen (secondary N) is 1. The Kier molecular flexibility index (Phi) is 3.72. The first-order chi connectivity index (χ1) is 8.56. The molecule has 1 aromatic heterocycles. The van der Waals surface area contributed by atoms with Crippen molar-refractivity contribution in [3.63, 3.8) is 0 Å². The van der Waals surface area contributed by atoms with Gasteiger partial charge in [-0.2, -0.15) is 0 Å². The lowest BCUT2D eigenvalue weighted by Crippen LogP contribution is -1.99. The van der Waals surface area contributed by atoms with Crippen LogP contribution in [0.3, 0.4) is 0 Å². The summed E-state index contributed by atoms with van der Waals surface area (Å²) in [6.45, 7) is 2.45. The summed E-state index contributed by atoms with van der Waals surface area (Å²) >= 11 is 3.46. The highest BCUT2D eigenvalue weighted by atomic mass is 79.9. The minimum Gasteiger partial charge on any atom is -0.475 e. The number of furan rings is 1. The van der Waals surface area contributed by atoms with Crippen molar-refractivity contribution < 1.29 is 14.3 Å². The number of carbonyl (C=O) groups is 1. The molecule has 0 aliphatic rings. The number of carboxylic acids is 1. The van der Waals surface area contributed by atoms with Crippen molar-refractivity contribution >= 4 is 27.6 Å². The zero-order chi connectivity index (χ0) is 13.1. The van der Waals surface area contributed by atoms with Crippen molar-refractivity contribution in [3.05, 3.63) is 51.9 Å². The minimum absolute atomic E-state index is 0.0465. The van der Waals surface area contributed by atoms with Crippen molar-refractivity contribution in [2.45, 2.75) is 13.5 Å². The zero-order valence-electron chi connectivity index (χ0n) is 9.74. The molecular formula is C13H12BrNO3. The number of aryl methyl sites for hydroxylation is 1. The quantitative estimate of drug-likeness (QED) is 0.904. The smallest absolute Gasteiger partial charge is 0.371 e. The maximum atomic E-state index is 10.7. The Hall–Kier alpha value is -1.75. The molecule has 0 radical (unpaired) electrons. The van der Waals surface area contributed by atoms with Gasteiger partial charge in [0.1, 0.15) is 5.76 Å². The van der Waals surface area contributed by atoms with Gasteiger partial charge >= 0.3 is 5.97 Å². The van der Waals surface area contributed by atoms with Gasteiger partial charge in [0.25, 0.3) is 0 Å². The standard InChI is InChI=1S/C13H12BrNO3/c1-8-2-4-11(10(14)6-8)15-7-9-3-5-12(18-9)13(16)17/h2-6,15H,7H2,1H3,(H,16,17). The second-order valence-corrected chi connectivity index (χ2v) is 4.76. The van der Waals surface area contributed by atoms with Crippen LogP contribution in [-0.2, 0) is 6.54 Å². The van der Waals surface area contributed by atoms with Crippen LogP contribution in [-0.4, -0.2) is 11.1 Å². The fourth-order valence-corrected chi connectivity index (χ4v) is 2.17. The molecule has 4 nitrogen and oxygen atoms in total. The summed E-state index contributed by atoms with van der Waals surface area (Å²) in [6, 6.07) is 9.06. The SMILES string of the molecule is Cc1ccc(NCc2ccc(C(=O)O)o2)c(Br)c1. The molecule has 0 bridgehead atoms. The molecule has 0 atom stereocenters. The van der Waals surface area contributed by atoms with Crippen LogP contribution in [0.5, 0.6) is 0 Å². The maximum Gasteiger partial charge on any atom is 0.371 e. The third kappa shape index (κ3) is 2.92. The molecular weight excluding hydrogens is 298 g/mol. The van der Waals surface area contributed by atoms with Crippen molar-refractivity contribution in [3.8, 4) is 0 Å². The van der Waals surface area contributed by atoms with Crippen LogP contribution in [0.2, 0.25) is 0 Å². The Morgan fingerprint density at radius 3 is 2.78 bits per heavy atom. The molecule has 5 heteroatoms. The molecule has 0 spiro atoms. The van der Waals surface area contributed by atoms with Crippen molar-refractivity contribution in [2.75, 3.05) is 5.32 Å². The van der Waals surface area contributed by atoms with E-state index in [-0.39, 0.29) is 5.76 Å². The Bertz CT molecular complexity index is 577. The molecule has 0 aliphatic heterocycles. The van der Waals surface area contributed by atoms with Crippen LogP contribution in [0.1, 0.15) is 21.9 Å². The van der Waals surface area contributed by atoms with Crippen LogP contribution in [0.15, 0.2) is 39.2 Å². The van der Waals surface area contributed by atoms with E-state index in [4.69, 9.17) is 9.52 Å². The molecule has 2 rings (SSSR count). The van der Waals surface area contributed by atoms with E-state index < -0.39 is 5.97 Å². The number of aromatic carboxylic acids is 1. The second kappa shape index (κ2) is 5.27. The Morgan fingerprint density at radius 2 is 2.17 bits per heavy atom. The summed E-state index contributed by atoms with van der Waals surface area (Å²) in [4.78, 5) is 10.7. The normalized spacial score (nSPS) is 10.3. The van der Waals surface area contributed by atoms with Crippen LogP contribution in [0.25, 0.3) is 0 Å². The maximum absolute atomic E-state index is 10.7. The molecule has 0 saturated heterocycles. The van der Waals surface area contributed by atoms with Gasteiger partial charge in [0, 0.05) is 10.2 Å². The predicted molar refractivity (Wildman–Crippen MR) is 71.9 cm³/mol.